The fourth-order valence-corrected chi connectivity index (χ4v) is 5.30. The van der Waals surface area contributed by atoms with Gasteiger partial charge in [0.15, 0.2) is 11.5 Å². The van der Waals surface area contributed by atoms with Crippen LogP contribution in [0.3, 0.4) is 0 Å². The van der Waals surface area contributed by atoms with Crippen LogP contribution in [0.2, 0.25) is 0 Å². The highest BCUT2D eigenvalue weighted by molar-refractivity contribution is 5.63. The van der Waals surface area contributed by atoms with Crippen LogP contribution < -0.4 is 14.2 Å². The Labute approximate surface area is 134 Å². The predicted molar refractivity (Wildman–Crippen MR) is 80.9 cm³/mol. The van der Waals surface area contributed by atoms with E-state index in [9.17, 15) is 10.2 Å². The molecule has 2 N–H and O–H groups in total. The van der Waals surface area contributed by atoms with Crippen molar-refractivity contribution in [3.05, 3.63) is 17.2 Å². The Bertz CT molecular complexity index is 677. The van der Waals surface area contributed by atoms with Crippen molar-refractivity contribution >= 4 is 0 Å². The fraction of sp³-hybridized carbons (Fsp3) is 0.647. The molecule has 0 amide bonds. The number of hydrogen-bond donors (Lipinski definition) is 2. The van der Waals surface area contributed by atoms with E-state index >= 15 is 0 Å². The minimum absolute atomic E-state index is 0.194. The lowest BCUT2D eigenvalue weighted by Gasteiger charge is -2.51. The molecule has 4 aliphatic rings. The SMILES string of the molecule is COc1c2c(cc3c1OCO3)[C@@]13CCN(C2)[C@H]1CC[C@H](O)[C@@H]3O. The lowest BCUT2D eigenvalue weighted by Crippen LogP contribution is -2.60. The van der Waals surface area contributed by atoms with Gasteiger partial charge < -0.3 is 24.4 Å². The van der Waals surface area contributed by atoms with Gasteiger partial charge in [0.05, 0.1) is 19.3 Å². The van der Waals surface area contributed by atoms with Crippen LogP contribution in [0.4, 0.5) is 0 Å². The second-order valence-corrected chi connectivity index (χ2v) is 7.04. The van der Waals surface area contributed by atoms with E-state index < -0.39 is 17.6 Å². The highest BCUT2D eigenvalue weighted by Gasteiger charge is 2.60. The number of hydrogen-bond acceptors (Lipinski definition) is 6. The molecular formula is C17H21NO5. The first-order chi connectivity index (χ1) is 11.2. The van der Waals surface area contributed by atoms with E-state index in [1.165, 1.54) is 0 Å². The molecule has 1 saturated carbocycles. The maximum atomic E-state index is 10.9. The summed E-state index contributed by atoms with van der Waals surface area (Å²) in [5, 5.41) is 21.2. The second-order valence-electron chi connectivity index (χ2n) is 7.04. The molecular weight excluding hydrogens is 298 g/mol. The maximum absolute atomic E-state index is 10.9. The number of methoxy groups -OCH3 is 1. The van der Waals surface area contributed by atoms with E-state index in [4.69, 9.17) is 14.2 Å². The van der Waals surface area contributed by atoms with Crippen molar-refractivity contribution in [2.24, 2.45) is 0 Å². The molecule has 2 bridgehead atoms. The summed E-state index contributed by atoms with van der Waals surface area (Å²) in [5.74, 6) is 2.06. The summed E-state index contributed by atoms with van der Waals surface area (Å²) < 4.78 is 16.8. The predicted octanol–water partition coefficient (Wildman–Crippen LogP) is 0.765. The van der Waals surface area contributed by atoms with Crippen molar-refractivity contribution in [2.45, 2.75) is 49.5 Å². The third-order valence-electron chi connectivity index (χ3n) is 6.27. The number of aliphatic hydroxyl groups is 2. The van der Waals surface area contributed by atoms with Gasteiger partial charge in [-0.1, -0.05) is 0 Å². The summed E-state index contributed by atoms with van der Waals surface area (Å²) in [6, 6.07) is 2.29. The van der Waals surface area contributed by atoms with Crippen LogP contribution in [0.15, 0.2) is 6.07 Å². The van der Waals surface area contributed by atoms with Crippen LogP contribution in [-0.2, 0) is 12.0 Å². The molecule has 124 valence electrons. The van der Waals surface area contributed by atoms with Gasteiger partial charge in [-0.25, -0.2) is 0 Å². The van der Waals surface area contributed by atoms with Crippen molar-refractivity contribution in [2.75, 3.05) is 20.4 Å². The standard InChI is InChI=1S/C17H21NO5/c1-21-14-9-7-18-5-4-17(13(18)3-2-11(19)16(17)20)10(9)6-12-15(14)23-8-22-12/h6,11,13,16,19-20H,2-5,7-8H2,1H3/t11-,13-,16-,17-/m0/s1. The van der Waals surface area contributed by atoms with Gasteiger partial charge in [-0.15, -0.1) is 0 Å². The van der Waals surface area contributed by atoms with Crippen molar-refractivity contribution in [3.8, 4) is 17.2 Å². The average molecular weight is 319 g/mol. The molecule has 0 radical (unpaired) electrons. The van der Waals surface area contributed by atoms with Crippen molar-refractivity contribution in [3.63, 3.8) is 0 Å². The molecule has 6 nitrogen and oxygen atoms in total. The molecule has 1 aliphatic carbocycles. The Morgan fingerprint density at radius 2 is 2.17 bits per heavy atom. The number of ether oxygens (including phenoxy) is 3. The van der Waals surface area contributed by atoms with Gasteiger partial charge in [0.1, 0.15) is 0 Å². The molecule has 6 heteroatoms. The minimum Gasteiger partial charge on any atom is -0.492 e. The Morgan fingerprint density at radius 1 is 1.30 bits per heavy atom. The van der Waals surface area contributed by atoms with E-state index in [1.807, 2.05) is 6.07 Å². The molecule has 1 aromatic carbocycles. The summed E-state index contributed by atoms with van der Waals surface area (Å²) in [6.45, 7) is 1.92. The molecule has 23 heavy (non-hydrogen) atoms. The molecule has 5 rings (SSSR count). The zero-order valence-electron chi connectivity index (χ0n) is 13.1. The molecule has 0 aromatic heterocycles. The van der Waals surface area contributed by atoms with Gasteiger partial charge in [-0.2, -0.15) is 0 Å². The molecule has 3 aliphatic heterocycles. The van der Waals surface area contributed by atoms with Crippen molar-refractivity contribution in [1.29, 1.82) is 0 Å². The highest BCUT2D eigenvalue weighted by Crippen LogP contribution is 2.58. The maximum Gasteiger partial charge on any atom is 0.231 e. The first-order valence-corrected chi connectivity index (χ1v) is 8.27. The van der Waals surface area contributed by atoms with Crippen LogP contribution >= 0.6 is 0 Å². The number of nitrogens with zero attached hydrogens (tertiary/aromatic N) is 1. The van der Waals surface area contributed by atoms with E-state index in [2.05, 4.69) is 4.90 Å². The number of rotatable bonds is 1. The first-order valence-electron chi connectivity index (χ1n) is 8.27. The Hall–Kier alpha value is -1.50. The van der Waals surface area contributed by atoms with Gasteiger partial charge in [0.2, 0.25) is 12.5 Å². The molecule has 2 fully saturated rings. The Kier molecular flexibility index (Phi) is 2.73. The number of fused-ring (bicyclic) bond motifs is 2. The molecule has 1 unspecified atom stereocenters. The summed E-state index contributed by atoms with van der Waals surface area (Å²) in [5.41, 5.74) is 1.71. The zero-order chi connectivity index (χ0) is 15.8. The van der Waals surface area contributed by atoms with E-state index in [1.54, 1.807) is 7.11 Å². The van der Waals surface area contributed by atoms with Crippen LogP contribution in [-0.4, -0.2) is 53.8 Å². The van der Waals surface area contributed by atoms with E-state index in [0.717, 1.165) is 37.1 Å². The zero-order valence-corrected chi connectivity index (χ0v) is 13.1. The highest BCUT2D eigenvalue weighted by atomic mass is 16.7. The van der Waals surface area contributed by atoms with Crippen LogP contribution in [0.5, 0.6) is 17.2 Å². The normalized spacial score (nSPS) is 39.8. The van der Waals surface area contributed by atoms with Crippen LogP contribution in [0, 0.1) is 0 Å². The summed E-state index contributed by atoms with van der Waals surface area (Å²) in [4.78, 5) is 2.42. The van der Waals surface area contributed by atoms with Gasteiger partial charge in [-0.3, -0.25) is 4.90 Å². The van der Waals surface area contributed by atoms with E-state index in [-0.39, 0.29) is 12.8 Å². The summed E-state index contributed by atoms with van der Waals surface area (Å²) in [6.07, 6.45) is 0.991. The fourth-order valence-electron chi connectivity index (χ4n) is 5.30. The summed E-state index contributed by atoms with van der Waals surface area (Å²) in [7, 11) is 1.64. The monoisotopic (exact) mass is 319 g/mol. The first kappa shape index (κ1) is 13.9. The lowest BCUT2D eigenvalue weighted by molar-refractivity contribution is -0.0811. The van der Waals surface area contributed by atoms with Gasteiger partial charge in [-0.05, 0) is 37.4 Å². The average Bonchev–Trinajstić information content (AvgIpc) is 3.12. The lowest BCUT2D eigenvalue weighted by atomic mass is 9.61. The largest absolute Gasteiger partial charge is 0.492 e. The van der Waals surface area contributed by atoms with Crippen molar-refractivity contribution < 1.29 is 24.4 Å². The molecule has 1 saturated heterocycles. The van der Waals surface area contributed by atoms with Gasteiger partial charge in [0, 0.05) is 23.6 Å². The minimum atomic E-state index is -0.754. The van der Waals surface area contributed by atoms with Crippen LogP contribution in [0.1, 0.15) is 30.4 Å². The third kappa shape index (κ3) is 1.54. The smallest absolute Gasteiger partial charge is 0.231 e. The Morgan fingerprint density at radius 3 is 3.00 bits per heavy atom. The topological polar surface area (TPSA) is 71.4 Å². The van der Waals surface area contributed by atoms with Crippen molar-refractivity contribution in [1.82, 2.24) is 4.90 Å². The summed E-state index contributed by atoms with van der Waals surface area (Å²) >= 11 is 0. The second kappa shape index (κ2) is 4.53. The van der Waals surface area contributed by atoms with E-state index in [0.29, 0.717) is 23.7 Å². The third-order valence-corrected chi connectivity index (χ3v) is 6.27. The molecule has 0 spiro atoms. The number of benzene rings is 1. The van der Waals surface area contributed by atoms with Gasteiger partial charge in [0.25, 0.3) is 0 Å². The Balaban J connectivity index is 1.77. The molecule has 1 aromatic rings. The quantitative estimate of drug-likeness (QED) is 0.796. The number of aliphatic hydroxyl groups excluding tert-OH is 2. The van der Waals surface area contributed by atoms with Gasteiger partial charge >= 0.3 is 0 Å². The van der Waals surface area contributed by atoms with Crippen LogP contribution in [0.25, 0.3) is 0 Å². The molecule has 5 atom stereocenters. The molecule has 3 heterocycles.